The zero-order valence-electron chi connectivity index (χ0n) is 23.7. The summed E-state index contributed by atoms with van der Waals surface area (Å²) in [6, 6.07) is 38.9. The minimum Gasteiger partial charge on any atom is -0.445 e. The molecule has 6 nitrogen and oxygen atoms in total. The van der Waals surface area contributed by atoms with Gasteiger partial charge in [0.1, 0.15) is 6.61 Å². The molecule has 0 atom stereocenters. The van der Waals surface area contributed by atoms with E-state index in [1.807, 2.05) is 42.5 Å². The summed E-state index contributed by atoms with van der Waals surface area (Å²) in [4.78, 5) is 27.6. The molecule has 2 N–H and O–H groups in total. The molecule has 1 heterocycles. The van der Waals surface area contributed by atoms with E-state index in [1.54, 1.807) is 0 Å². The van der Waals surface area contributed by atoms with E-state index in [0.29, 0.717) is 6.54 Å². The number of halogens is 1. The van der Waals surface area contributed by atoms with Crippen LogP contribution < -0.4 is 10.6 Å². The Morgan fingerprint density at radius 2 is 1.24 bits per heavy atom. The maximum absolute atomic E-state index is 13.0. The zero-order valence-corrected chi connectivity index (χ0v) is 24.5. The highest BCUT2D eigenvalue weighted by molar-refractivity contribution is 5.85. The number of carbonyl (C=O) groups excluding carboxylic acids is 2. The lowest BCUT2D eigenvalue weighted by atomic mass is 9.71. The second-order valence-electron chi connectivity index (χ2n) is 10.6. The van der Waals surface area contributed by atoms with Crippen molar-refractivity contribution in [2.45, 2.75) is 38.0 Å². The fourth-order valence-corrected chi connectivity index (χ4v) is 5.67. The van der Waals surface area contributed by atoms with Gasteiger partial charge in [-0.2, -0.15) is 0 Å². The van der Waals surface area contributed by atoms with Crippen molar-refractivity contribution in [1.29, 1.82) is 0 Å². The van der Waals surface area contributed by atoms with Crippen LogP contribution in [-0.4, -0.2) is 36.5 Å². The topological polar surface area (TPSA) is 70.7 Å². The van der Waals surface area contributed by atoms with Gasteiger partial charge in [0.25, 0.3) is 0 Å². The van der Waals surface area contributed by atoms with Crippen molar-refractivity contribution in [3.63, 3.8) is 0 Å². The Kier molecular flexibility index (Phi) is 11.2. The summed E-state index contributed by atoms with van der Waals surface area (Å²) < 4.78 is 5.25. The Balaban J connectivity index is 0.00000405. The summed E-state index contributed by atoms with van der Waals surface area (Å²) in [5.41, 5.74) is 5.61. The third-order valence-corrected chi connectivity index (χ3v) is 7.83. The van der Waals surface area contributed by atoms with Gasteiger partial charge in [-0.3, -0.25) is 9.69 Å². The standard InChI is InChI=1S/C35H37N3O3.ClH/c39-33(23-36-34(40)41-26-28-13-4-1-5-14-28)37-27-35(31-17-6-2-7-18-31,32-19-8-3-9-20-32)21-12-22-38-24-29-15-10-11-16-30(29)25-38;/h1-11,13-20H,12,21-27H2,(H,36,40)(H,37,39);1H. The molecule has 0 spiro atoms. The molecule has 0 radical (unpaired) electrons. The molecular weight excluding hydrogens is 546 g/mol. The average Bonchev–Trinajstić information content (AvgIpc) is 3.45. The zero-order chi connectivity index (χ0) is 28.3. The molecule has 0 unspecified atom stereocenters. The van der Waals surface area contributed by atoms with Crippen LogP contribution in [0, 0.1) is 0 Å². The maximum Gasteiger partial charge on any atom is 0.407 e. The van der Waals surface area contributed by atoms with Gasteiger partial charge in [-0.15, -0.1) is 12.4 Å². The van der Waals surface area contributed by atoms with Crippen LogP contribution in [0.5, 0.6) is 0 Å². The van der Waals surface area contributed by atoms with Gasteiger partial charge in [0.2, 0.25) is 5.91 Å². The summed E-state index contributed by atoms with van der Waals surface area (Å²) in [6.45, 7) is 3.34. The highest BCUT2D eigenvalue weighted by Gasteiger charge is 2.34. The Bertz CT molecular complexity index is 1350. The monoisotopic (exact) mass is 583 g/mol. The summed E-state index contributed by atoms with van der Waals surface area (Å²) in [5, 5.41) is 5.70. The summed E-state index contributed by atoms with van der Waals surface area (Å²) >= 11 is 0. The van der Waals surface area contributed by atoms with Crippen LogP contribution in [0.25, 0.3) is 0 Å². The third-order valence-electron chi connectivity index (χ3n) is 7.83. The number of nitrogens with one attached hydrogen (secondary N) is 2. The first-order valence-corrected chi connectivity index (χ1v) is 14.2. The molecule has 0 aromatic heterocycles. The molecule has 1 aliphatic heterocycles. The number of nitrogens with zero attached hydrogens (tertiary/aromatic N) is 1. The van der Waals surface area contributed by atoms with Crippen LogP contribution in [0.1, 0.15) is 40.7 Å². The number of rotatable bonds is 12. The molecular formula is C35H38ClN3O3. The Hall–Kier alpha value is -4.13. The smallest absolute Gasteiger partial charge is 0.407 e. The second kappa shape index (κ2) is 15.2. The van der Waals surface area contributed by atoms with E-state index >= 15 is 0 Å². The first kappa shape index (κ1) is 30.8. The van der Waals surface area contributed by atoms with Gasteiger partial charge in [0.15, 0.2) is 0 Å². The predicted molar refractivity (Wildman–Crippen MR) is 168 cm³/mol. The van der Waals surface area contributed by atoms with Crippen molar-refractivity contribution < 1.29 is 14.3 Å². The molecule has 0 saturated heterocycles. The molecule has 0 aliphatic carbocycles. The lowest BCUT2D eigenvalue weighted by molar-refractivity contribution is -0.120. The van der Waals surface area contributed by atoms with E-state index in [1.165, 1.54) is 11.1 Å². The molecule has 1 aliphatic rings. The maximum atomic E-state index is 13.0. The average molecular weight is 584 g/mol. The van der Waals surface area contributed by atoms with Crippen LogP contribution in [0.2, 0.25) is 0 Å². The van der Waals surface area contributed by atoms with Crippen LogP contribution in [0.15, 0.2) is 115 Å². The van der Waals surface area contributed by atoms with E-state index in [2.05, 4.69) is 88.3 Å². The first-order chi connectivity index (χ1) is 20.1. The van der Waals surface area contributed by atoms with Gasteiger partial charge >= 0.3 is 6.09 Å². The minimum absolute atomic E-state index is 0. The SMILES string of the molecule is Cl.O=C(CNC(=O)OCc1ccccc1)NCC(CCCN1Cc2ccccc2C1)(c1ccccc1)c1ccccc1. The van der Waals surface area contributed by atoms with Crippen molar-refractivity contribution in [3.8, 4) is 0 Å². The Labute approximate surface area is 254 Å². The van der Waals surface area contributed by atoms with E-state index in [4.69, 9.17) is 4.74 Å². The van der Waals surface area contributed by atoms with Crippen molar-refractivity contribution in [2.75, 3.05) is 19.6 Å². The molecule has 42 heavy (non-hydrogen) atoms. The normalized spacial score (nSPS) is 12.6. The molecule has 0 saturated carbocycles. The quantitative estimate of drug-likeness (QED) is 0.207. The summed E-state index contributed by atoms with van der Waals surface area (Å²) in [6.07, 6.45) is 1.21. The highest BCUT2D eigenvalue weighted by atomic mass is 35.5. The first-order valence-electron chi connectivity index (χ1n) is 14.2. The van der Waals surface area contributed by atoms with Crippen LogP contribution in [0.3, 0.4) is 0 Å². The second-order valence-corrected chi connectivity index (χ2v) is 10.6. The lowest BCUT2D eigenvalue weighted by Gasteiger charge is -2.36. The fourth-order valence-electron chi connectivity index (χ4n) is 5.67. The van der Waals surface area contributed by atoms with E-state index in [9.17, 15) is 9.59 Å². The molecule has 7 heteroatoms. The van der Waals surface area contributed by atoms with E-state index in [0.717, 1.165) is 49.2 Å². The van der Waals surface area contributed by atoms with Crippen molar-refractivity contribution in [3.05, 3.63) is 143 Å². The van der Waals surface area contributed by atoms with Gasteiger partial charge < -0.3 is 15.4 Å². The van der Waals surface area contributed by atoms with Crippen LogP contribution in [0.4, 0.5) is 4.79 Å². The summed E-state index contributed by atoms with van der Waals surface area (Å²) in [7, 11) is 0. The largest absolute Gasteiger partial charge is 0.445 e. The number of amides is 2. The number of hydrogen-bond donors (Lipinski definition) is 2. The van der Waals surface area contributed by atoms with Crippen molar-refractivity contribution >= 4 is 24.4 Å². The molecule has 5 rings (SSSR count). The van der Waals surface area contributed by atoms with Crippen molar-refractivity contribution in [2.24, 2.45) is 0 Å². The van der Waals surface area contributed by atoms with Gasteiger partial charge in [-0.1, -0.05) is 115 Å². The molecule has 4 aromatic rings. The molecule has 0 fully saturated rings. The predicted octanol–water partition coefficient (Wildman–Crippen LogP) is 6.23. The van der Waals surface area contributed by atoms with Gasteiger partial charge in [-0.05, 0) is 47.2 Å². The minimum atomic E-state index is -0.618. The number of alkyl carbamates (subject to hydrolysis) is 1. The van der Waals surface area contributed by atoms with Gasteiger partial charge in [0, 0.05) is 25.0 Å². The van der Waals surface area contributed by atoms with Crippen molar-refractivity contribution in [1.82, 2.24) is 15.5 Å². The van der Waals surface area contributed by atoms with E-state index < -0.39 is 11.5 Å². The van der Waals surface area contributed by atoms with Crippen LogP contribution in [-0.2, 0) is 34.6 Å². The molecule has 218 valence electrons. The summed E-state index contributed by atoms with van der Waals surface area (Å²) in [5.74, 6) is -0.257. The lowest BCUT2D eigenvalue weighted by Crippen LogP contribution is -2.45. The van der Waals surface area contributed by atoms with E-state index in [-0.39, 0.29) is 31.5 Å². The molecule has 2 amide bonds. The number of ether oxygens (including phenoxy) is 1. The molecule has 4 aromatic carbocycles. The fraction of sp³-hybridized carbons (Fsp3) is 0.257. The number of benzene rings is 4. The number of hydrogen-bond acceptors (Lipinski definition) is 4. The Morgan fingerprint density at radius 1 is 0.714 bits per heavy atom. The highest BCUT2D eigenvalue weighted by Crippen LogP contribution is 2.37. The van der Waals surface area contributed by atoms with Gasteiger partial charge in [-0.25, -0.2) is 4.79 Å². The number of fused-ring (bicyclic) bond motifs is 1. The third kappa shape index (κ3) is 7.99. The Morgan fingerprint density at radius 3 is 1.81 bits per heavy atom. The molecule has 0 bridgehead atoms. The van der Waals surface area contributed by atoms with Gasteiger partial charge in [0.05, 0.1) is 6.54 Å². The number of carbonyl (C=O) groups is 2. The van der Waals surface area contributed by atoms with Crippen LogP contribution >= 0.6 is 12.4 Å².